The van der Waals surface area contributed by atoms with Crippen molar-refractivity contribution in [3.8, 4) is 0 Å². The van der Waals surface area contributed by atoms with E-state index in [9.17, 15) is 14.9 Å². The van der Waals surface area contributed by atoms with E-state index in [-0.39, 0.29) is 29.5 Å². The van der Waals surface area contributed by atoms with Gasteiger partial charge in [-0.15, -0.1) is 0 Å². The number of carbonyl (C=O) groups is 1. The summed E-state index contributed by atoms with van der Waals surface area (Å²) in [6.45, 7) is 2.54. The van der Waals surface area contributed by atoms with Gasteiger partial charge in [0.15, 0.2) is 0 Å². The molecule has 7 heteroatoms. The van der Waals surface area contributed by atoms with Crippen LogP contribution < -0.4 is 5.32 Å². The monoisotopic (exact) mass is 282 g/mol. The normalized spacial score (nSPS) is 11.9. The first-order chi connectivity index (χ1) is 9.49. The minimum atomic E-state index is -1.20. The maximum Gasteiger partial charge on any atom is 0.335 e. The fourth-order valence-electron chi connectivity index (χ4n) is 1.85. The average Bonchev–Trinajstić information content (AvgIpc) is 2.42. The molecular weight excluding hydrogens is 264 g/mol. The van der Waals surface area contributed by atoms with Crippen LogP contribution in [0.25, 0.3) is 0 Å². The van der Waals surface area contributed by atoms with Gasteiger partial charge in [0.1, 0.15) is 5.69 Å². The second-order valence-electron chi connectivity index (χ2n) is 4.46. The smallest absolute Gasteiger partial charge is 0.335 e. The molecule has 1 unspecified atom stereocenters. The molecule has 0 aromatic heterocycles. The third kappa shape index (κ3) is 4.20. The average molecular weight is 282 g/mol. The number of nitrogens with one attached hydrogen (secondary N) is 1. The van der Waals surface area contributed by atoms with Crippen molar-refractivity contribution in [1.82, 2.24) is 0 Å². The Morgan fingerprint density at radius 3 is 2.70 bits per heavy atom. The van der Waals surface area contributed by atoms with Crippen molar-refractivity contribution in [2.24, 2.45) is 5.92 Å². The Hall–Kier alpha value is -2.15. The second-order valence-corrected chi connectivity index (χ2v) is 4.46. The lowest BCUT2D eigenvalue weighted by Gasteiger charge is -2.15. The highest BCUT2D eigenvalue weighted by Crippen LogP contribution is 2.26. The summed E-state index contributed by atoms with van der Waals surface area (Å²) in [5.74, 6) is -0.995. The van der Waals surface area contributed by atoms with Crippen LogP contribution in [0.4, 0.5) is 11.4 Å². The predicted molar refractivity (Wildman–Crippen MR) is 74.0 cm³/mol. The predicted octanol–water partition coefficient (Wildman–Crippen LogP) is 2.11. The van der Waals surface area contributed by atoms with E-state index in [0.29, 0.717) is 13.0 Å². The van der Waals surface area contributed by atoms with Gasteiger partial charge >= 0.3 is 5.97 Å². The Kier molecular flexibility index (Phi) is 5.92. The summed E-state index contributed by atoms with van der Waals surface area (Å²) in [7, 11) is 0. The molecule has 110 valence electrons. The molecule has 0 saturated carbocycles. The molecule has 3 N–H and O–H groups in total. The van der Waals surface area contributed by atoms with Gasteiger partial charge in [-0.3, -0.25) is 10.1 Å². The van der Waals surface area contributed by atoms with E-state index in [4.69, 9.17) is 10.2 Å². The van der Waals surface area contributed by atoms with Crippen LogP contribution in [0.1, 0.15) is 30.1 Å². The van der Waals surface area contributed by atoms with Crippen LogP contribution in [0, 0.1) is 16.0 Å². The number of carboxylic acid groups (broad SMARTS) is 1. The van der Waals surface area contributed by atoms with Crippen molar-refractivity contribution in [3.63, 3.8) is 0 Å². The van der Waals surface area contributed by atoms with Crippen LogP contribution in [0.2, 0.25) is 0 Å². The summed E-state index contributed by atoms with van der Waals surface area (Å²) in [5.41, 5.74) is -0.0928. The van der Waals surface area contributed by atoms with Crippen LogP contribution in [0.5, 0.6) is 0 Å². The molecule has 0 aliphatic heterocycles. The number of aromatic carboxylic acids is 1. The van der Waals surface area contributed by atoms with Gasteiger partial charge in [0.2, 0.25) is 0 Å². The van der Waals surface area contributed by atoms with E-state index in [2.05, 4.69) is 5.32 Å². The van der Waals surface area contributed by atoms with Crippen LogP contribution in [0.3, 0.4) is 0 Å². The number of rotatable bonds is 8. The van der Waals surface area contributed by atoms with Gasteiger partial charge in [-0.25, -0.2) is 4.79 Å². The van der Waals surface area contributed by atoms with E-state index in [1.165, 1.54) is 12.1 Å². The summed E-state index contributed by atoms with van der Waals surface area (Å²) in [6, 6.07) is 3.76. The van der Waals surface area contributed by atoms with Crippen molar-refractivity contribution in [1.29, 1.82) is 0 Å². The first kappa shape index (κ1) is 15.9. The summed E-state index contributed by atoms with van der Waals surface area (Å²) in [4.78, 5) is 21.2. The Balaban J connectivity index is 2.89. The molecule has 7 nitrogen and oxygen atoms in total. The number of anilines is 1. The Morgan fingerprint density at radius 1 is 1.50 bits per heavy atom. The Morgan fingerprint density at radius 2 is 2.20 bits per heavy atom. The lowest BCUT2D eigenvalue weighted by molar-refractivity contribution is -0.384. The number of hydrogen-bond donors (Lipinski definition) is 3. The first-order valence-electron chi connectivity index (χ1n) is 6.36. The first-order valence-corrected chi connectivity index (χ1v) is 6.36. The van der Waals surface area contributed by atoms with Crippen molar-refractivity contribution in [2.75, 3.05) is 18.5 Å². The largest absolute Gasteiger partial charge is 0.478 e. The lowest BCUT2D eigenvalue weighted by atomic mass is 10.0. The summed E-state index contributed by atoms with van der Waals surface area (Å²) in [5, 5.41) is 31.7. The highest BCUT2D eigenvalue weighted by atomic mass is 16.6. The van der Waals surface area contributed by atoms with Gasteiger partial charge in [-0.05, 0) is 24.5 Å². The molecule has 1 atom stereocenters. The Labute approximate surface area is 116 Å². The van der Waals surface area contributed by atoms with Gasteiger partial charge in [-0.1, -0.05) is 13.3 Å². The molecule has 0 radical (unpaired) electrons. The molecule has 0 amide bonds. The third-order valence-electron chi connectivity index (χ3n) is 3.14. The van der Waals surface area contributed by atoms with Crippen molar-refractivity contribution < 1.29 is 19.9 Å². The number of carboxylic acids is 1. The number of aliphatic hydroxyl groups excluding tert-OH is 1. The van der Waals surface area contributed by atoms with Gasteiger partial charge < -0.3 is 15.5 Å². The molecule has 0 saturated heterocycles. The van der Waals surface area contributed by atoms with Gasteiger partial charge in [0.05, 0.1) is 10.5 Å². The topological polar surface area (TPSA) is 113 Å². The van der Waals surface area contributed by atoms with Crippen molar-refractivity contribution in [2.45, 2.75) is 19.8 Å². The summed E-state index contributed by atoms with van der Waals surface area (Å²) < 4.78 is 0. The van der Waals surface area contributed by atoms with Crippen LogP contribution in [-0.4, -0.2) is 34.3 Å². The molecule has 20 heavy (non-hydrogen) atoms. The van der Waals surface area contributed by atoms with E-state index in [1.807, 2.05) is 6.92 Å². The molecule has 1 rings (SSSR count). The molecule has 0 fully saturated rings. The maximum absolute atomic E-state index is 11.0. The van der Waals surface area contributed by atoms with Crippen LogP contribution >= 0.6 is 0 Å². The standard InChI is InChI=1S/C13H18N2O5/c1-2-9(5-6-16)8-14-11-4-3-10(13(17)18)7-12(11)15(19)20/h3-4,7,9,14,16H,2,5-6,8H2,1H3,(H,17,18). The number of benzene rings is 1. The minimum absolute atomic E-state index is 0.0697. The maximum atomic E-state index is 11.0. The number of nitrogens with zero attached hydrogens (tertiary/aromatic N) is 1. The summed E-state index contributed by atoms with van der Waals surface area (Å²) in [6.07, 6.45) is 1.46. The highest BCUT2D eigenvalue weighted by molar-refractivity contribution is 5.89. The Bertz CT molecular complexity index is 490. The zero-order valence-electron chi connectivity index (χ0n) is 11.2. The molecule has 0 aliphatic rings. The van der Waals surface area contributed by atoms with Gasteiger partial charge in [0.25, 0.3) is 5.69 Å². The van der Waals surface area contributed by atoms with Crippen molar-refractivity contribution >= 4 is 17.3 Å². The van der Waals surface area contributed by atoms with E-state index < -0.39 is 10.9 Å². The zero-order chi connectivity index (χ0) is 15.1. The second kappa shape index (κ2) is 7.44. The molecule has 0 bridgehead atoms. The van der Waals surface area contributed by atoms with Gasteiger partial charge in [-0.2, -0.15) is 0 Å². The number of hydrogen-bond acceptors (Lipinski definition) is 5. The summed E-state index contributed by atoms with van der Waals surface area (Å²) >= 11 is 0. The molecule has 0 spiro atoms. The van der Waals surface area contributed by atoms with Crippen molar-refractivity contribution in [3.05, 3.63) is 33.9 Å². The number of aliphatic hydroxyl groups is 1. The minimum Gasteiger partial charge on any atom is -0.478 e. The zero-order valence-corrected chi connectivity index (χ0v) is 11.2. The molecule has 1 aromatic carbocycles. The number of nitro benzene ring substituents is 1. The highest BCUT2D eigenvalue weighted by Gasteiger charge is 2.17. The van der Waals surface area contributed by atoms with Gasteiger partial charge in [0, 0.05) is 19.2 Å². The SMILES string of the molecule is CCC(CCO)CNc1ccc(C(=O)O)cc1[N+](=O)[O-]. The lowest BCUT2D eigenvalue weighted by Crippen LogP contribution is -2.16. The molecule has 1 aromatic rings. The number of nitro groups is 1. The van der Waals surface area contributed by atoms with Crippen LogP contribution in [-0.2, 0) is 0 Å². The van der Waals surface area contributed by atoms with E-state index >= 15 is 0 Å². The molecular formula is C13H18N2O5. The quantitative estimate of drug-likeness (QED) is 0.497. The molecule has 0 aliphatic carbocycles. The fraction of sp³-hybridized carbons (Fsp3) is 0.462. The van der Waals surface area contributed by atoms with Crippen LogP contribution in [0.15, 0.2) is 18.2 Å². The van der Waals surface area contributed by atoms with E-state index in [0.717, 1.165) is 12.5 Å². The van der Waals surface area contributed by atoms with E-state index in [1.54, 1.807) is 0 Å². The third-order valence-corrected chi connectivity index (χ3v) is 3.14. The molecule has 0 heterocycles. The fourth-order valence-corrected chi connectivity index (χ4v) is 1.85.